The van der Waals surface area contributed by atoms with E-state index in [1.165, 1.54) is 0 Å². The molecule has 2 heterocycles. The highest BCUT2D eigenvalue weighted by Gasteiger charge is 2.16. The van der Waals surface area contributed by atoms with E-state index in [9.17, 15) is 14.7 Å². The Balaban J connectivity index is 1.66. The molecule has 0 radical (unpaired) electrons. The van der Waals surface area contributed by atoms with Crippen LogP contribution in [0.25, 0.3) is 21.9 Å². The lowest BCUT2D eigenvalue weighted by Gasteiger charge is -2.14. The molecule has 0 atom stereocenters. The molecule has 0 unspecified atom stereocenters. The predicted octanol–water partition coefficient (Wildman–Crippen LogP) is 4.52. The number of aromatic nitrogens is 3. The van der Waals surface area contributed by atoms with Gasteiger partial charge in [-0.05, 0) is 59.2 Å². The molecule has 0 saturated carbocycles. The standard InChI is InChI=1S/C26H26N4O3/c1-4-6-18-13-24(30(3)29-18)25(31)28-14-17-9-10-21(22-11-12-27-15-23(17)22)19-7-5-8-20(16(19)2)26(32)33/h5,7-13,15H,4,6,14H2,1-3H3,(H,28,31)(H,32,33). The van der Waals surface area contributed by atoms with Gasteiger partial charge in [-0.3, -0.25) is 14.5 Å². The molecule has 2 aromatic heterocycles. The molecule has 4 aromatic rings. The number of nitrogens with one attached hydrogen (secondary N) is 1. The molecule has 0 aliphatic carbocycles. The third-order valence-electron chi connectivity index (χ3n) is 5.87. The summed E-state index contributed by atoms with van der Waals surface area (Å²) < 4.78 is 1.61. The quantitative estimate of drug-likeness (QED) is 0.438. The van der Waals surface area contributed by atoms with Crippen LogP contribution >= 0.6 is 0 Å². The van der Waals surface area contributed by atoms with Crippen molar-refractivity contribution in [3.05, 3.63) is 82.9 Å². The Morgan fingerprint density at radius 1 is 1.09 bits per heavy atom. The minimum absolute atomic E-state index is 0.182. The van der Waals surface area contributed by atoms with E-state index in [4.69, 9.17) is 0 Å². The number of aromatic carboxylic acids is 1. The van der Waals surface area contributed by atoms with Gasteiger partial charge in [-0.2, -0.15) is 5.10 Å². The molecule has 1 amide bonds. The predicted molar refractivity (Wildman–Crippen MR) is 127 cm³/mol. The zero-order valence-corrected chi connectivity index (χ0v) is 18.9. The second-order valence-corrected chi connectivity index (χ2v) is 8.05. The highest BCUT2D eigenvalue weighted by molar-refractivity contribution is 6.01. The third-order valence-corrected chi connectivity index (χ3v) is 5.87. The fourth-order valence-electron chi connectivity index (χ4n) is 4.18. The zero-order chi connectivity index (χ0) is 23.5. The van der Waals surface area contributed by atoms with Gasteiger partial charge in [0, 0.05) is 31.4 Å². The molecule has 7 heteroatoms. The summed E-state index contributed by atoms with van der Waals surface area (Å²) in [5.41, 5.74) is 5.15. The first-order valence-corrected chi connectivity index (χ1v) is 10.9. The van der Waals surface area contributed by atoms with Crippen LogP contribution in [-0.2, 0) is 20.0 Å². The molecule has 0 saturated heterocycles. The van der Waals surface area contributed by atoms with Gasteiger partial charge in [-0.15, -0.1) is 0 Å². The monoisotopic (exact) mass is 442 g/mol. The SMILES string of the molecule is CCCc1cc(C(=O)NCc2ccc(-c3cccc(C(=O)O)c3C)c3ccncc23)n(C)n1. The van der Waals surface area contributed by atoms with E-state index in [-0.39, 0.29) is 11.5 Å². The van der Waals surface area contributed by atoms with Crippen molar-refractivity contribution in [1.82, 2.24) is 20.1 Å². The highest BCUT2D eigenvalue weighted by atomic mass is 16.4. The van der Waals surface area contributed by atoms with Crippen LogP contribution in [0, 0.1) is 6.92 Å². The number of aryl methyl sites for hydroxylation is 2. The first-order valence-electron chi connectivity index (χ1n) is 10.9. The fourth-order valence-corrected chi connectivity index (χ4v) is 4.18. The van der Waals surface area contributed by atoms with Gasteiger partial charge in [-0.25, -0.2) is 4.79 Å². The molecular formula is C26H26N4O3. The van der Waals surface area contributed by atoms with Crippen LogP contribution < -0.4 is 5.32 Å². The maximum absolute atomic E-state index is 12.8. The number of hydrogen-bond acceptors (Lipinski definition) is 4. The van der Waals surface area contributed by atoms with E-state index >= 15 is 0 Å². The van der Waals surface area contributed by atoms with E-state index in [0.717, 1.165) is 46.0 Å². The van der Waals surface area contributed by atoms with E-state index < -0.39 is 5.97 Å². The maximum atomic E-state index is 12.8. The van der Waals surface area contributed by atoms with Crippen molar-refractivity contribution in [3.8, 4) is 11.1 Å². The number of carbonyl (C=O) groups is 2. The Kier molecular flexibility index (Phi) is 6.22. The van der Waals surface area contributed by atoms with Gasteiger partial charge >= 0.3 is 5.97 Å². The molecule has 33 heavy (non-hydrogen) atoms. The highest BCUT2D eigenvalue weighted by Crippen LogP contribution is 2.33. The second kappa shape index (κ2) is 9.24. The largest absolute Gasteiger partial charge is 0.478 e. The smallest absolute Gasteiger partial charge is 0.335 e. The molecule has 2 N–H and O–H groups in total. The molecule has 2 aromatic carbocycles. The number of benzene rings is 2. The van der Waals surface area contributed by atoms with Gasteiger partial charge in [0.05, 0.1) is 11.3 Å². The average molecular weight is 443 g/mol. The maximum Gasteiger partial charge on any atom is 0.335 e. The number of rotatable bonds is 7. The summed E-state index contributed by atoms with van der Waals surface area (Å²) in [5.74, 6) is -1.13. The summed E-state index contributed by atoms with van der Waals surface area (Å²) in [7, 11) is 1.77. The van der Waals surface area contributed by atoms with Crippen molar-refractivity contribution < 1.29 is 14.7 Å². The van der Waals surface area contributed by atoms with E-state index in [0.29, 0.717) is 17.8 Å². The zero-order valence-electron chi connectivity index (χ0n) is 18.9. The molecule has 0 aliphatic rings. The Morgan fingerprint density at radius 2 is 1.91 bits per heavy atom. The lowest BCUT2D eigenvalue weighted by molar-refractivity contribution is 0.0696. The Bertz CT molecular complexity index is 1360. The van der Waals surface area contributed by atoms with Gasteiger partial charge in [0.1, 0.15) is 5.69 Å². The molecule has 0 bridgehead atoms. The normalized spacial score (nSPS) is 11.0. The lowest BCUT2D eigenvalue weighted by atomic mass is 9.91. The summed E-state index contributed by atoms with van der Waals surface area (Å²) in [6.07, 6.45) is 5.30. The van der Waals surface area contributed by atoms with Crippen molar-refractivity contribution in [3.63, 3.8) is 0 Å². The van der Waals surface area contributed by atoms with Crippen LogP contribution in [-0.4, -0.2) is 31.7 Å². The van der Waals surface area contributed by atoms with Gasteiger partial charge in [-0.1, -0.05) is 37.6 Å². The van der Waals surface area contributed by atoms with Crippen LogP contribution in [0.2, 0.25) is 0 Å². The van der Waals surface area contributed by atoms with Gasteiger partial charge in [0.15, 0.2) is 0 Å². The minimum atomic E-state index is -0.947. The number of hydrogen-bond donors (Lipinski definition) is 2. The molecule has 4 rings (SSSR count). The summed E-state index contributed by atoms with van der Waals surface area (Å²) in [4.78, 5) is 28.7. The number of nitrogens with zero attached hydrogens (tertiary/aromatic N) is 3. The van der Waals surface area contributed by atoms with Crippen LogP contribution in [0.5, 0.6) is 0 Å². The van der Waals surface area contributed by atoms with Gasteiger partial charge in [0.25, 0.3) is 5.91 Å². The molecule has 168 valence electrons. The van der Waals surface area contributed by atoms with Crippen LogP contribution in [0.3, 0.4) is 0 Å². The fraction of sp³-hybridized carbons (Fsp3) is 0.231. The van der Waals surface area contributed by atoms with Crippen LogP contribution in [0.15, 0.2) is 54.9 Å². The molecule has 0 spiro atoms. The summed E-state index contributed by atoms with van der Waals surface area (Å²) >= 11 is 0. The van der Waals surface area contributed by atoms with Gasteiger partial charge in [0.2, 0.25) is 0 Å². The van der Waals surface area contributed by atoms with Crippen LogP contribution in [0.1, 0.15) is 51.0 Å². The summed E-state index contributed by atoms with van der Waals surface area (Å²) in [5, 5.41) is 18.8. The number of pyridine rings is 1. The van der Waals surface area contributed by atoms with Crippen molar-refractivity contribution in [2.45, 2.75) is 33.2 Å². The van der Waals surface area contributed by atoms with Crippen LogP contribution in [0.4, 0.5) is 0 Å². The van der Waals surface area contributed by atoms with Crippen molar-refractivity contribution in [1.29, 1.82) is 0 Å². The number of carboxylic acids is 1. The first kappa shape index (κ1) is 22.2. The minimum Gasteiger partial charge on any atom is -0.478 e. The van der Waals surface area contributed by atoms with Crippen molar-refractivity contribution in [2.75, 3.05) is 0 Å². The second-order valence-electron chi connectivity index (χ2n) is 8.05. The average Bonchev–Trinajstić information content (AvgIpc) is 3.17. The summed E-state index contributed by atoms with van der Waals surface area (Å²) in [6.45, 7) is 4.24. The van der Waals surface area contributed by atoms with Gasteiger partial charge < -0.3 is 10.4 Å². The number of fused-ring (bicyclic) bond motifs is 1. The number of carboxylic acid groups (broad SMARTS) is 1. The number of carbonyl (C=O) groups excluding carboxylic acids is 1. The molecule has 0 aliphatic heterocycles. The molecular weight excluding hydrogens is 416 g/mol. The Morgan fingerprint density at radius 3 is 2.67 bits per heavy atom. The van der Waals surface area contributed by atoms with E-state index in [2.05, 4.69) is 22.3 Å². The Hall–Kier alpha value is -4.00. The Labute approximate surface area is 192 Å². The third kappa shape index (κ3) is 4.35. The van der Waals surface area contributed by atoms with E-state index in [1.807, 2.05) is 37.3 Å². The van der Waals surface area contributed by atoms with Crippen molar-refractivity contribution in [2.24, 2.45) is 7.05 Å². The summed E-state index contributed by atoms with van der Waals surface area (Å²) in [6, 6.07) is 13.0. The molecule has 0 fully saturated rings. The molecule has 7 nitrogen and oxygen atoms in total. The topological polar surface area (TPSA) is 97.1 Å². The number of amides is 1. The van der Waals surface area contributed by atoms with Crippen molar-refractivity contribution >= 4 is 22.6 Å². The van der Waals surface area contributed by atoms with E-state index in [1.54, 1.807) is 36.3 Å². The lowest BCUT2D eigenvalue weighted by Crippen LogP contribution is -2.25. The first-order chi connectivity index (χ1) is 15.9.